The molecule has 1 fully saturated rings. The Bertz CT molecular complexity index is 825. The van der Waals surface area contributed by atoms with Crippen LogP contribution in [0.15, 0.2) is 42.5 Å². The molecule has 1 aliphatic rings. The van der Waals surface area contributed by atoms with Crippen LogP contribution in [0.4, 0.5) is 10.1 Å². The predicted octanol–water partition coefficient (Wildman–Crippen LogP) is 3.77. The zero-order chi connectivity index (χ0) is 18.0. The van der Waals surface area contributed by atoms with Gasteiger partial charge in [0.05, 0.1) is 5.92 Å². The van der Waals surface area contributed by atoms with Gasteiger partial charge in [-0.05, 0) is 30.7 Å². The molecule has 1 heterocycles. The first kappa shape index (κ1) is 17.4. The third-order valence-corrected chi connectivity index (χ3v) is 4.75. The van der Waals surface area contributed by atoms with Crippen LogP contribution in [-0.2, 0) is 16.1 Å². The molecule has 1 N–H and O–H groups in total. The van der Waals surface area contributed by atoms with E-state index in [0.29, 0.717) is 16.3 Å². The van der Waals surface area contributed by atoms with E-state index in [-0.39, 0.29) is 37.1 Å². The van der Waals surface area contributed by atoms with Gasteiger partial charge in [-0.25, -0.2) is 4.39 Å². The number of hydrogen-bond acceptors (Lipinski definition) is 2. The van der Waals surface area contributed by atoms with Crippen molar-refractivity contribution in [2.24, 2.45) is 5.92 Å². The van der Waals surface area contributed by atoms with E-state index in [4.69, 9.17) is 11.6 Å². The third kappa shape index (κ3) is 3.99. The zero-order valence-corrected chi connectivity index (χ0v) is 14.5. The maximum Gasteiger partial charge on any atom is 0.229 e. The molecule has 4 nitrogen and oxygen atoms in total. The minimum Gasteiger partial charge on any atom is -0.337 e. The second kappa shape index (κ2) is 7.23. The normalized spacial score (nSPS) is 17.0. The lowest BCUT2D eigenvalue weighted by Gasteiger charge is -2.17. The molecule has 6 heteroatoms. The summed E-state index contributed by atoms with van der Waals surface area (Å²) < 4.78 is 13.8. The number of nitrogens with one attached hydrogen (secondary N) is 1. The Morgan fingerprint density at radius 3 is 2.80 bits per heavy atom. The number of hydrogen-bond donors (Lipinski definition) is 1. The van der Waals surface area contributed by atoms with Crippen molar-refractivity contribution in [3.05, 3.63) is 64.4 Å². The lowest BCUT2D eigenvalue weighted by molar-refractivity contribution is -0.128. The lowest BCUT2D eigenvalue weighted by Crippen LogP contribution is -2.28. The molecule has 0 aliphatic carbocycles. The second-order valence-electron chi connectivity index (χ2n) is 6.22. The molecule has 0 spiro atoms. The van der Waals surface area contributed by atoms with Gasteiger partial charge in [0.2, 0.25) is 11.8 Å². The van der Waals surface area contributed by atoms with Crippen molar-refractivity contribution in [1.82, 2.24) is 4.90 Å². The van der Waals surface area contributed by atoms with Gasteiger partial charge in [-0.3, -0.25) is 9.59 Å². The van der Waals surface area contributed by atoms with Gasteiger partial charge in [0, 0.05) is 35.8 Å². The first-order valence-corrected chi connectivity index (χ1v) is 8.40. The third-order valence-electron chi connectivity index (χ3n) is 4.34. The van der Waals surface area contributed by atoms with Crippen LogP contribution >= 0.6 is 11.6 Å². The molecule has 0 aromatic heterocycles. The highest BCUT2D eigenvalue weighted by molar-refractivity contribution is 6.31. The topological polar surface area (TPSA) is 49.4 Å². The van der Waals surface area contributed by atoms with Gasteiger partial charge in [-0.2, -0.15) is 0 Å². The number of amides is 2. The lowest BCUT2D eigenvalue weighted by atomic mass is 10.1. The zero-order valence-electron chi connectivity index (χ0n) is 13.8. The van der Waals surface area contributed by atoms with E-state index in [2.05, 4.69) is 5.32 Å². The summed E-state index contributed by atoms with van der Waals surface area (Å²) in [7, 11) is 0. The van der Waals surface area contributed by atoms with Gasteiger partial charge >= 0.3 is 0 Å². The smallest absolute Gasteiger partial charge is 0.229 e. The van der Waals surface area contributed by atoms with Crippen LogP contribution in [0, 0.1) is 18.7 Å². The summed E-state index contributed by atoms with van der Waals surface area (Å²) in [6.07, 6.45) is 0.125. The number of rotatable bonds is 4. The summed E-state index contributed by atoms with van der Waals surface area (Å²) in [5.74, 6) is -1.19. The number of carbonyl (C=O) groups is 2. The summed E-state index contributed by atoms with van der Waals surface area (Å²) in [6, 6.07) is 11.6. The fourth-order valence-electron chi connectivity index (χ4n) is 2.85. The summed E-state index contributed by atoms with van der Waals surface area (Å²) in [5.41, 5.74) is 1.97. The quantitative estimate of drug-likeness (QED) is 0.902. The molecular weight excluding hydrogens is 343 g/mol. The molecule has 3 rings (SSSR count). The van der Waals surface area contributed by atoms with E-state index in [1.165, 1.54) is 11.0 Å². The predicted molar refractivity (Wildman–Crippen MR) is 94.7 cm³/mol. The van der Waals surface area contributed by atoms with E-state index < -0.39 is 5.92 Å². The second-order valence-corrected chi connectivity index (χ2v) is 6.63. The van der Waals surface area contributed by atoms with Gasteiger partial charge in [0.1, 0.15) is 5.82 Å². The van der Waals surface area contributed by atoms with Crippen LogP contribution in [0.1, 0.15) is 17.5 Å². The molecule has 1 atom stereocenters. The Morgan fingerprint density at radius 2 is 2.08 bits per heavy atom. The Kier molecular flexibility index (Phi) is 5.04. The molecular formula is C19H18ClFN2O2. The Morgan fingerprint density at radius 1 is 1.32 bits per heavy atom. The van der Waals surface area contributed by atoms with Gasteiger partial charge in [-0.1, -0.05) is 35.9 Å². The summed E-state index contributed by atoms with van der Waals surface area (Å²) in [5, 5.41) is 3.36. The molecule has 0 radical (unpaired) electrons. The van der Waals surface area contributed by atoms with Crippen LogP contribution in [0.3, 0.4) is 0 Å². The molecule has 2 aromatic rings. The molecule has 25 heavy (non-hydrogen) atoms. The van der Waals surface area contributed by atoms with E-state index in [1.54, 1.807) is 30.3 Å². The van der Waals surface area contributed by atoms with E-state index in [9.17, 15) is 14.0 Å². The minimum atomic E-state index is -0.459. The molecule has 1 aliphatic heterocycles. The monoisotopic (exact) mass is 360 g/mol. The first-order valence-electron chi connectivity index (χ1n) is 8.02. The van der Waals surface area contributed by atoms with Crippen molar-refractivity contribution in [3.63, 3.8) is 0 Å². The van der Waals surface area contributed by atoms with Crippen molar-refractivity contribution >= 4 is 29.1 Å². The fourth-order valence-corrected chi connectivity index (χ4v) is 3.03. The molecule has 2 amide bonds. The molecule has 0 saturated carbocycles. The van der Waals surface area contributed by atoms with Crippen LogP contribution in [0.25, 0.3) is 0 Å². The van der Waals surface area contributed by atoms with Crippen molar-refractivity contribution in [1.29, 1.82) is 0 Å². The SMILES string of the molecule is Cc1ccc(NC(=O)C2CC(=O)N(Cc3ccccc3F)C2)cc1Cl. The molecule has 2 aromatic carbocycles. The number of aryl methyl sites for hydroxylation is 1. The number of benzene rings is 2. The Balaban J connectivity index is 1.64. The van der Waals surface area contributed by atoms with Gasteiger partial charge in [0.25, 0.3) is 0 Å². The van der Waals surface area contributed by atoms with Gasteiger partial charge < -0.3 is 10.2 Å². The highest BCUT2D eigenvalue weighted by Gasteiger charge is 2.34. The van der Waals surface area contributed by atoms with Crippen molar-refractivity contribution in [3.8, 4) is 0 Å². The Hall–Kier alpha value is -2.40. The highest BCUT2D eigenvalue weighted by atomic mass is 35.5. The summed E-state index contributed by atoms with van der Waals surface area (Å²) >= 11 is 6.06. The molecule has 1 saturated heterocycles. The minimum absolute atomic E-state index is 0.125. The number of likely N-dealkylation sites (tertiary alicyclic amines) is 1. The molecule has 0 bridgehead atoms. The van der Waals surface area contributed by atoms with E-state index in [1.807, 2.05) is 13.0 Å². The van der Waals surface area contributed by atoms with Gasteiger partial charge in [0.15, 0.2) is 0 Å². The summed E-state index contributed by atoms with van der Waals surface area (Å²) in [4.78, 5) is 26.1. The maximum atomic E-state index is 13.8. The number of halogens is 2. The van der Waals surface area contributed by atoms with Gasteiger partial charge in [-0.15, -0.1) is 0 Å². The fraction of sp³-hybridized carbons (Fsp3) is 0.263. The largest absolute Gasteiger partial charge is 0.337 e. The van der Waals surface area contributed by atoms with Crippen LogP contribution in [0.5, 0.6) is 0 Å². The van der Waals surface area contributed by atoms with Crippen LogP contribution in [-0.4, -0.2) is 23.3 Å². The first-order chi connectivity index (χ1) is 11.9. The van der Waals surface area contributed by atoms with Crippen molar-refractivity contribution in [2.75, 3.05) is 11.9 Å². The number of anilines is 1. The average molecular weight is 361 g/mol. The maximum absolute atomic E-state index is 13.8. The highest BCUT2D eigenvalue weighted by Crippen LogP contribution is 2.24. The van der Waals surface area contributed by atoms with Crippen LogP contribution < -0.4 is 5.32 Å². The molecule has 1 unspecified atom stereocenters. The standard InChI is InChI=1S/C19H18ClFN2O2/c1-12-6-7-15(9-16(12)20)22-19(25)14-8-18(24)23(11-14)10-13-4-2-3-5-17(13)21/h2-7,9,14H,8,10-11H2,1H3,(H,22,25). The van der Waals surface area contributed by atoms with Crippen LogP contribution in [0.2, 0.25) is 5.02 Å². The van der Waals surface area contributed by atoms with Crippen molar-refractivity contribution < 1.29 is 14.0 Å². The number of carbonyl (C=O) groups excluding carboxylic acids is 2. The number of nitrogens with zero attached hydrogens (tertiary/aromatic N) is 1. The van der Waals surface area contributed by atoms with E-state index in [0.717, 1.165) is 5.56 Å². The Labute approximate surface area is 150 Å². The van der Waals surface area contributed by atoms with E-state index >= 15 is 0 Å². The molecule has 130 valence electrons. The summed E-state index contributed by atoms with van der Waals surface area (Å²) in [6.45, 7) is 2.33. The average Bonchev–Trinajstić information content (AvgIpc) is 2.94. The van der Waals surface area contributed by atoms with Crippen molar-refractivity contribution in [2.45, 2.75) is 19.9 Å².